The number of nitrogens with zero attached hydrogens (tertiary/aromatic N) is 1. The predicted octanol–water partition coefficient (Wildman–Crippen LogP) is -0.740. The van der Waals surface area contributed by atoms with Gasteiger partial charge in [-0.25, -0.2) is 8.42 Å². The number of hydrogen-bond acceptors (Lipinski definition) is 4. The average molecular weight is 223 g/mol. The molecule has 0 aliphatic carbocycles. The van der Waals surface area contributed by atoms with Gasteiger partial charge in [0.05, 0.1) is 5.60 Å². The van der Waals surface area contributed by atoms with E-state index in [9.17, 15) is 18.3 Å². The topological polar surface area (TPSA) is 74.7 Å². The summed E-state index contributed by atoms with van der Waals surface area (Å²) < 4.78 is 21.6. The monoisotopic (exact) mass is 223 g/mol. The Labute approximate surface area is 84.6 Å². The Balaban J connectivity index is 4.29. The van der Waals surface area contributed by atoms with Crippen molar-refractivity contribution < 1.29 is 18.3 Å². The molecule has 14 heavy (non-hydrogen) atoms. The molecule has 5 nitrogen and oxygen atoms in total. The molecule has 1 N–H and O–H groups in total. The van der Waals surface area contributed by atoms with Gasteiger partial charge < -0.3 is 10.0 Å². The van der Waals surface area contributed by atoms with Gasteiger partial charge in [-0.3, -0.25) is 4.79 Å². The highest BCUT2D eigenvalue weighted by atomic mass is 32.2. The van der Waals surface area contributed by atoms with E-state index in [1.165, 1.54) is 11.9 Å². The molecule has 0 unspecified atom stereocenters. The summed E-state index contributed by atoms with van der Waals surface area (Å²) in [4.78, 5) is 12.5. The third-order valence-electron chi connectivity index (χ3n) is 1.44. The van der Waals surface area contributed by atoms with E-state index in [2.05, 4.69) is 0 Å². The van der Waals surface area contributed by atoms with Gasteiger partial charge in [-0.2, -0.15) is 0 Å². The van der Waals surface area contributed by atoms with E-state index in [0.29, 0.717) is 0 Å². The van der Waals surface area contributed by atoms with Crippen molar-refractivity contribution in [2.24, 2.45) is 0 Å². The molecule has 0 saturated carbocycles. The Morgan fingerprint density at radius 1 is 1.43 bits per heavy atom. The van der Waals surface area contributed by atoms with E-state index < -0.39 is 27.1 Å². The van der Waals surface area contributed by atoms with Crippen LogP contribution in [0.3, 0.4) is 0 Å². The standard InChI is InChI=1S/C8H17NO4S/c1-8(2,11)6-9(3)7(10)5-14(4,12)13/h11H,5-6H2,1-4H3. The van der Waals surface area contributed by atoms with Gasteiger partial charge in [0.25, 0.3) is 0 Å². The van der Waals surface area contributed by atoms with Crippen molar-refractivity contribution in [2.75, 3.05) is 25.6 Å². The molecule has 0 aliphatic heterocycles. The third kappa shape index (κ3) is 6.85. The van der Waals surface area contributed by atoms with Crippen LogP contribution in [0.15, 0.2) is 0 Å². The molecule has 1 amide bonds. The van der Waals surface area contributed by atoms with E-state index in [0.717, 1.165) is 6.26 Å². The molecule has 0 saturated heterocycles. The van der Waals surface area contributed by atoms with Crippen LogP contribution in [0.4, 0.5) is 0 Å². The fourth-order valence-corrected chi connectivity index (χ4v) is 1.67. The summed E-state index contributed by atoms with van der Waals surface area (Å²) >= 11 is 0. The first-order chi connectivity index (χ1) is 6.01. The van der Waals surface area contributed by atoms with Crippen LogP contribution in [0, 0.1) is 0 Å². The Morgan fingerprint density at radius 2 is 1.86 bits per heavy atom. The first kappa shape index (κ1) is 13.4. The minimum Gasteiger partial charge on any atom is -0.389 e. The lowest BCUT2D eigenvalue weighted by atomic mass is 10.1. The van der Waals surface area contributed by atoms with Crippen LogP contribution in [-0.2, 0) is 14.6 Å². The van der Waals surface area contributed by atoms with Gasteiger partial charge >= 0.3 is 0 Å². The molecule has 0 aromatic rings. The maximum atomic E-state index is 11.3. The minimum atomic E-state index is -3.30. The summed E-state index contributed by atoms with van der Waals surface area (Å²) in [5.41, 5.74) is -1.01. The summed E-state index contributed by atoms with van der Waals surface area (Å²) in [7, 11) is -1.83. The number of amides is 1. The molecular formula is C8H17NO4S. The average Bonchev–Trinajstić information content (AvgIpc) is 1.78. The number of likely N-dealkylation sites (N-methyl/N-ethyl adjacent to an activating group) is 1. The van der Waals surface area contributed by atoms with Crippen molar-refractivity contribution in [2.45, 2.75) is 19.4 Å². The van der Waals surface area contributed by atoms with Crippen molar-refractivity contribution in [1.82, 2.24) is 4.90 Å². The summed E-state index contributed by atoms with van der Waals surface area (Å²) in [6, 6.07) is 0. The highest BCUT2D eigenvalue weighted by molar-refractivity contribution is 7.91. The number of carbonyl (C=O) groups excluding carboxylic acids is 1. The maximum Gasteiger partial charge on any atom is 0.237 e. The van der Waals surface area contributed by atoms with Crippen molar-refractivity contribution in [3.63, 3.8) is 0 Å². The summed E-state index contributed by atoms with van der Waals surface area (Å²) in [6.45, 7) is 3.22. The maximum absolute atomic E-state index is 11.3. The second kappa shape index (κ2) is 4.27. The molecule has 0 rings (SSSR count). The highest BCUT2D eigenvalue weighted by Gasteiger charge is 2.21. The molecule has 0 heterocycles. The van der Waals surface area contributed by atoms with Crippen LogP contribution in [0.5, 0.6) is 0 Å². The van der Waals surface area contributed by atoms with Crippen LogP contribution >= 0.6 is 0 Å². The van der Waals surface area contributed by atoms with E-state index in [1.807, 2.05) is 0 Å². The SMILES string of the molecule is CN(CC(C)(C)O)C(=O)CS(C)(=O)=O. The quantitative estimate of drug-likeness (QED) is 0.681. The lowest BCUT2D eigenvalue weighted by Crippen LogP contribution is -2.41. The Hall–Kier alpha value is -0.620. The second-order valence-corrected chi connectivity index (χ2v) is 6.27. The Morgan fingerprint density at radius 3 is 2.14 bits per heavy atom. The second-order valence-electron chi connectivity index (χ2n) is 4.13. The molecule has 0 bridgehead atoms. The lowest BCUT2D eigenvalue weighted by molar-refractivity contribution is -0.129. The van der Waals surface area contributed by atoms with E-state index >= 15 is 0 Å². The number of carbonyl (C=O) groups is 1. The van der Waals surface area contributed by atoms with E-state index in [1.54, 1.807) is 13.8 Å². The molecule has 0 aromatic heterocycles. The van der Waals surface area contributed by atoms with Crippen LogP contribution in [-0.4, -0.2) is 55.5 Å². The van der Waals surface area contributed by atoms with Gasteiger partial charge in [-0.15, -0.1) is 0 Å². The number of hydrogen-bond donors (Lipinski definition) is 1. The Kier molecular flexibility index (Phi) is 4.08. The van der Waals surface area contributed by atoms with E-state index in [4.69, 9.17) is 0 Å². The molecule has 0 atom stereocenters. The molecule has 84 valence electrons. The lowest BCUT2D eigenvalue weighted by Gasteiger charge is -2.25. The molecule has 0 aromatic carbocycles. The molecule has 6 heteroatoms. The van der Waals surface area contributed by atoms with Gasteiger partial charge in [-0.05, 0) is 13.8 Å². The summed E-state index contributed by atoms with van der Waals surface area (Å²) in [5.74, 6) is -1.02. The minimum absolute atomic E-state index is 0.112. The third-order valence-corrected chi connectivity index (χ3v) is 2.21. The van der Waals surface area contributed by atoms with Crippen LogP contribution in [0.1, 0.15) is 13.8 Å². The fraction of sp³-hybridized carbons (Fsp3) is 0.875. The number of rotatable bonds is 4. The van der Waals surface area contributed by atoms with Gasteiger partial charge in [0, 0.05) is 19.8 Å². The molecular weight excluding hydrogens is 206 g/mol. The smallest absolute Gasteiger partial charge is 0.237 e. The van der Waals surface area contributed by atoms with E-state index in [-0.39, 0.29) is 6.54 Å². The van der Waals surface area contributed by atoms with Crippen LogP contribution in [0.2, 0.25) is 0 Å². The number of sulfone groups is 1. The first-order valence-corrected chi connectivity index (χ1v) is 6.21. The van der Waals surface area contributed by atoms with Crippen LogP contribution < -0.4 is 0 Å². The molecule has 0 spiro atoms. The molecule has 0 radical (unpaired) electrons. The number of aliphatic hydroxyl groups is 1. The summed E-state index contributed by atoms with van der Waals surface area (Å²) in [6.07, 6.45) is 1.00. The first-order valence-electron chi connectivity index (χ1n) is 4.15. The zero-order chi connectivity index (χ0) is 11.6. The fourth-order valence-electron chi connectivity index (χ4n) is 1.00. The summed E-state index contributed by atoms with van der Waals surface area (Å²) in [5, 5.41) is 9.39. The Bertz CT molecular complexity index is 302. The van der Waals surface area contributed by atoms with Crippen molar-refractivity contribution in [3.8, 4) is 0 Å². The van der Waals surface area contributed by atoms with Gasteiger partial charge in [0.1, 0.15) is 5.75 Å². The van der Waals surface area contributed by atoms with Crippen molar-refractivity contribution in [1.29, 1.82) is 0 Å². The zero-order valence-corrected chi connectivity index (χ0v) is 9.76. The largest absolute Gasteiger partial charge is 0.389 e. The highest BCUT2D eigenvalue weighted by Crippen LogP contribution is 2.03. The predicted molar refractivity (Wildman–Crippen MR) is 53.6 cm³/mol. The molecule has 0 fully saturated rings. The van der Waals surface area contributed by atoms with Crippen molar-refractivity contribution >= 4 is 15.7 Å². The zero-order valence-electron chi connectivity index (χ0n) is 8.94. The van der Waals surface area contributed by atoms with Crippen LogP contribution in [0.25, 0.3) is 0 Å². The van der Waals surface area contributed by atoms with Crippen molar-refractivity contribution in [3.05, 3.63) is 0 Å². The van der Waals surface area contributed by atoms with Gasteiger partial charge in [-0.1, -0.05) is 0 Å². The molecule has 0 aliphatic rings. The van der Waals surface area contributed by atoms with Gasteiger partial charge in [0.15, 0.2) is 9.84 Å². The van der Waals surface area contributed by atoms with Gasteiger partial charge in [0.2, 0.25) is 5.91 Å². The normalized spacial score (nSPS) is 12.6.